The van der Waals surface area contributed by atoms with Crippen LogP contribution in [0, 0.1) is 0 Å². The van der Waals surface area contributed by atoms with Crippen molar-refractivity contribution in [2.24, 2.45) is 0 Å². The zero-order valence-corrected chi connectivity index (χ0v) is 10.3. The van der Waals surface area contributed by atoms with E-state index < -0.39 is 0 Å². The van der Waals surface area contributed by atoms with Crippen LogP contribution in [0.3, 0.4) is 0 Å². The highest BCUT2D eigenvalue weighted by Gasteiger charge is 2.16. The molecule has 0 bridgehead atoms. The van der Waals surface area contributed by atoms with Gasteiger partial charge < -0.3 is 15.5 Å². The molecule has 6 heteroatoms. The minimum atomic E-state index is 0.413. The van der Waals surface area contributed by atoms with Crippen LogP contribution in [0.5, 0.6) is 0 Å². The van der Waals surface area contributed by atoms with Crippen LogP contribution in [-0.4, -0.2) is 43.2 Å². The summed E-state index contributed by atoms with van der Waals surface area (Å²) in [6.07, 6.45) is 2.73. The first-order chi connectivity index (χ1) is 7.66. The molecule has 0 aromatic carbocycles. The van der Waals surface area contributed by atoms with Gasteiger partial charge in [-0.05, 0) is 13.0 Å². The predicted molar refractivity (Wildman–Crippen MR) is 66.3 cm³/mol. The molecule has 0 amide bonds. The number of nitrogens with one attached hydrogen (secondary N) is 2. The second-order valence-corrected chi connectivity index (χ2v) is 4.50. The van der Waals surface area contributed by atoms with Gasteiger partial charge in [0.2, 0.25) is 5.95 Å². The van der Waals surface area contributed by atoms with Crippen molar-refractivity contribution in [2.75, 3.05) is 37.4 Å². The molecule has 88 valence electrons. The van der Waals surface area contributed by atoms with Crippen LogP contribution < -0.4 is 15.5 Å². The molecule has 1 aromatic heterocycles. The van der Waals surface area contributed by atoms with Crippen LogP contribution in [0.15, 0.2) is 6.20 Å². The SMILES string of the molecule is CN(C)c1nc(N[C@@H]2CCNC2)ncc1Cl. The van der Waals surface area contributed by atoms with E-state index in [4.69, 9.17) is 11.6 Å². The summed E-state index contributed by atoms with van der Waals surface area (Å²) in [4.78, 5) is 10.4. The molecule has 0 unspecified atom stereocenters. The monoisotopic (exact) mass is 241 g/mol. The van der Waals surface area contributed by atoms with Crippen LogP contribution in [-0.2, 0) is 0 Å². The molecule has 0 aliphatic carbocycles. The molecule has 2 heterocycles. The van der Waals surface area contributed by atoms with Crippen LogP contribution in [0.1, 0.15) is 6.42 Å². The van der Waals surface area contributed by atoms with Gasteiger partial charge in [-0.1, -0.05) is 11.6 Å². The average Bonchev–Trinajstić information content (AvgIpc) is 2.73. The molecule has 5 nitrogen and oxygen atoms in total. The summed E-state index contributed by atoms with van der Waals surface area (Å²) in [7, 11) is 3.82. The van der Waals surface area contributed by atoms with Crippen molar-refractivity contribution in [1.82, 2.24) is 15.3 Å². The minimum Gasteiger partial charge on any atom is -0.361 e. The van der Waals surface area contributed by atoms with Gasteiger partial charge in [0, 0.05) is 26.7 Å². The normalized spacial score (nSPS) is 19.8. The third-order valence-electron chi connectivity index (χ3n) is 2.54. The Labute approximate surface area is 100 Å². The van der Waals surface area contributed by atoms with Gasteiger partial charge in [0.15, 0.2) is 5.82 Å². The number of nitrogens with zero attached hydrogens (tertiary/aromatic N) is 3. The van der Waals surface area contributed by atoms with E-state index in [0.717, 1.165) is 25.3 Å². The van der Waals surface area contributed by atoms with Gasteiger partial charge in [0.05, 0.1) is 6.20 Å². The second kappa shape index (κ2) is 4.84. The van der Waals surface area contributed by atoms with Crippen LogP contribution in [0.4, 0.5) is 11.8 Å². The fraction of sp³-hybridized carbons (Fsp3) is 0.600. The van der Waals surface area contributed by atoms with E-state index in [2.05, 4.69) is 20.6 Å². The largest absolute Gasteiger partial charge is 0.361 e. The van der Waals surface area contributed by atoms with Gasteiger partial charge in [-0.3, -0.25) is 0 Å². The first-order valence-electron chi connectivity index (χ1n) is 5.34. The highest BCUT2D eigenvalue weighted by molar-refractivity contribution is 6.32. The van der Waals surface area contributed by atoms with E-state index in [1.54, 1.807) is 6.20 Å². The molecule has 1 fully saturated rings. The Bertz CT molecular complexity index is 362. The maximum atomic E-state index is 6.00. The number of rotatable bonds is 3. The molecule has 1 atom stereocenters. The summed E-state index contributed by atoms with van der Waals surface area (Å²) in [5.41, 5.74) is 0. The maximum Gasteiger partial charge on any atom is 0.224 e. The third kappa shape index (κ3) is 2.54. The Morgan fingerprint density at radius 1 is 1.56 bits per heavy atom. The topological polar surface area (TPSA) is 53.1 Å². The molecule has 16 heavy (non-hydrogen) atoms. The zero-order chi connectivity index (χ0) is 11.5. The number of aromatic nitrogens is 2. The lowest BCUT2D eigenvalue weighted by Crippen LogP contribution is -2.24. The number of hydrogen-bond donors (Lipinski definition) is 2. The van der Waals surface area contributed by atoms with Crippen molar-refractivity contribution in [2.45, 2.75) is 12.5 Å². The van der Waals surface area contributed by atoms with E-state index in [1.807, 2.05) is 19.0 Å². The highest BCUT2D eigenvalue weighted by atomic mass is 35.5. The first-order valence-corrected chi connectivity index (χ1v) is 5.71. The quantitative estimate of drug-likeness (QED) is 0.826. The Balaban J connectivity index is 2.12. The highest BCUT2D eigenvalue weighted by Crippen LogP contribution is 2.22. The smallest absolute Gasteiger partial charge is 0.224 e. The number of halogens is 1. The summed E-state index contributed by atoms with van der Waals surface area (Å²) in [6, 6.07) is 0.413. The first kappa shape index (κ1) is 11.4. The molecule has 1 aliphatic rings. The molecule has 0 saturated carbocycles. The summed E-state index contributed by atoms with van der Waals surface area (Å²) in [5, 5.41) is 7.15. The Hall–Kier alpha value is -1.07. The number of anilines is 2. The number of hydrogen-bond acceptors (Lipinski definition) is 5. The van der Waals surface area contributed by atoms with Gasteiger partial charge in [-0.2, -0.15) is 4.98 Å². The van der Waals surface area contributed by atoms with Gasteiger partial charge >= 0.3 is 0 Å². The Morgan fingerprint density at radius 3 is 3.00 bits per heavy atom. The van der Waals surface area contributed by atoms with Gasteiger partial charge in [-0.25, -0.2) is 4.98 Å². The van der Waals surface area contributed by atoms with E-state index in [1.165, 1.54) is 0 Å². The van der Waals surface area contributed by atoms with Crippen LogP contribution >= 0.6 is 11.6 Å². The molecule has 2 N–H and O–H groups in total. The molecule has 1 aromatic rings. The van der Waals surface area contributed by atoms with Crippen molar-refractivity contribution in [3.05, 3.63) is 11.2 Å². The summed E-state index contributed by atoms with van der Waals surface area (Å²) in [6.45, 7) is 2.01. The lowest BCUT2D eigenvalue weighted by molar-refractivity contribution is 0.780. The fourth-order valence-corrected chi connectivity index (χ4v) is 1.96. The predicted octanol–water partition coefficient (Wildman–Crippen LogP) is 0.970. The molecule has 1 saturated heterocycles. The van der Waals surface area contributed by atoms with E-state index in [-0.39, 0.29) is 0 Å². The second-order valence-electron chi connectivity index (χ2n) is 4.09. The van der Waals surface area contributed by atoms with Crippen molar-refractivity contribution >= 4 is 23.4 Å². The van der Waals surface area contributed by atoms with Crippen LogP contribution in [0.25, 0.3) is 0 Å². The Morgan fingerprint density at radius 2 is 2.38 bits per heavy atom. The summed E-state index contributed by atoms with van der Waals surface area (Å²) in [5.74, 6) is 1.38. The molecule has 1 aliphatic heterocycles. The van der Waals surface area contributed by atoms with Gasteiger partial charge in [0.1, 0.15) is 5.02 Å². The van der Waals surface area contributed by atoms with Crippen molar-refractivity contribution in [3.63, 3.8) is 0 Å². The van der Waals surface area contributed by atoms with Crippen LogP contribution in [0.2, 0.25) is 5.02 Å². The maximum absolute atomic E-state index is 6.00. The standard InChI is InChI=1S/C10H16ClN5/c1-16(2)9-8(11)6-13-10(15-9)14-7-3-4-12-5-7/h6-7,12H,3-5H2,1-2H3,(H,13,14,15)/t7-/m1/s1. The van der Waals surface area contributed by atoms with Gasteiger partial charge in [0.25, 0.3) is 0 Å². The molecule has 0 radical (unpaired) electrons. The lowest BCUT2D eigenvalue weighted by Gasteiger charge is -2.16. The zero-order valence-electron chi connectivity index (χ0n) is 9.50. The minimum absolute atomic E-state index is 0.413. The molecule has 2 rings (SSSR count). The van der Waals surface area contributed by atoms with Crippen molar-refractivity contribution < 1.29 is 0 Å². The molecular weight excluding hydrogens is 226 g/mol. The third-order valence-corrected chi connectivity index (χ3v) is 2.81. The summed E-state index contributed by atoms with van der Waals surface area (Å²) < 4.78 is 0. The molecule has 0 spiro atoms. The average molecular weight is 242 g/mol. The summed E-state index contributed by atoms with van der Waals surface area (Å²) >= 11 is 6.00. The van der Waals surface area contributed by atoms with Crippen molar-refractivity contribution in [3.8, 4) is 0 Å². The van der Waals surface area contributed by atoms with Crippen molar-refractivity contribution in [1.29, 1.82) is 0 Å². The van der Waals surface area contributed by atoms with Gasteiger partial charge in [-0.15, -0.1) is 0 Å². The lowest BCUT2D eigenvalue weighted by atomic mass is 10.3. The van der Waals surface area contributed by atoms with E-state index in [9.17, 15) is 0 Å². The molecular formula is C10H16ClN5. The fourth-order valence-electron chi connectivity index (χ4n) is 1.70. The Kier molecular flexibility index (Phi) is 3.46. The van der Waals surface area contributed by atoms with E-state index >= 15 is 0 Å². The van der Waals surface area contributed by atoms with E-state index in [0.29, 0.717) is 17.0 Å².